The van der Waals surface area contributed by atoms with Gasteiger partial charge in [-0.15, -0.1) is 0 Å². The molecule has 0 spiro atoms. The predicted molar refractivity (Wildman–Crippen MR) is 74.6 cm³/mol. The molecular formula is C15H22O2. The topological polar surface area (TPSA) is 30.2 Å². The lowest BCUT2D eigenvalue weighted by Gasteiger charge is -2.00. The van der Waals surface area contributed by atoms with E-state index in [2.05, 4.69) is 0 Å². The van der Waals surface area contributed by atoms with E-state index in [1.807, 2.05) is 58.9 Å². The molecule has 0 atom stereocenters. The third-order valence-corrected chi connectivity index (χ3v) is 2.12. The van der Waals surface area contributed by atoms with Gasteiger partial charge in [-0.2, -0.15) is 0 Å². The summed E-state index contributed by atoms with van der Waals surface area (Å²) in [4.78, 5) is 11.1. The number of benzene rings is 1. The van der Waals surface area contributed by atoms with Crippen LogP contribution in [0.4, 0.5) is 0 Å². The highest BCUT2D eigenvalue weighted by Gasteiger charge is 2.01. The Labute approximate surface area is 103 Å². The molecule has 0 bridgehead atoms. The summed E-state index contributed by atoms with van der Waals surface area (Å²) in [6.45, 7) is 10.0. The van der Waals surface area contributed by atoms with Crippen molar-refractivity contribution in [2.45, 2.75) is 41.0 Å². The van der Waals surface area contributed by atoms with Gasteiger partial charge in [0, 0.05) is 11.5 Å². The number of para-hydroxylation sites is 1. The number of aryl methyl sites for hydroxylation is 1. The zero-order valence-corrected chi connectivity index (χ0v) is 11.4. The van der Waals surface area contributed by atoms with Gasteiger partial charge in [0.25, 0.3) is 0 Å². The largest absolute Gasteiger partial charge is 0.423 e. The summed E-state index contributed by atoms with van der Waals surface area (Å²) >= 11 is 0. The van der Waals surface area contributed by atoms with Crippen LogP contribution in [0, 0.1) is 0 Å². The van der Waals surface area contributed by atoms with Crippen LogP contribution >= 0.6 is 0 Å². The van der Waals surface area contributed by atoms with Crippen molar-refractivity contribution in [2.75, 3.05) is 0 Å². The molecule has 0 N–H and O–H groups in total. The summed E-state index contributed by atoms with van der Waals surface area (Å²) in [6, 6.07) is 9.15. The van der Waals surface area contributed by atoms with E-state index in [9.17, 15) is 4.79 Å². The highest BCUT2D eigenvalue weighted by Crippen LogP contribution is 2.16. The molecule has 1 aromatic carbocycles. The van der Waals surface area contributed by atoms with Crippen molar-refractivity contribution in [2.24, 2.45) is 0 Å². The molecule has 0 saturated carbocycles. The summed E-state index contributed by atoms with van der Waals surface area (Å²) in [5.74, 6) is 0. The molecule has 0 aliphatic heterocycles. The van der Waals surface area contributed by atoms with Gasteiger partial charge in [0.15, 0.2) is 0 Å². The zero-order chi connectivity index (χ0) is 13.3. The van der Waals surface area contributed by atoms with Gasteiger partial charge in [-0.1, -0.05) is 52.8 Å². The lowest BCUT2D eigenvalue weighted by molar-refractivity contribution is 0.559. The second-order valence-electron chi connectivity index (χ2n) is 2.94. The highest BCUT2D eigenvalue weighted by atomic mass is 16.4. The van der Waals surface area contributed by atoms with Crippen LogP contribution in [-0.4, -0.2) is 0 Å². The first-order valence-electron chi connectivity index (χ1n) is 6.33. The second-order valence-corrected chi connectivity index (χ2v) is 2.94. The quantitative estimate of drug-likeness (QED) is 0.684. The van der Waals surface area contributed by atoms with Gasteiger partial charge in [-0.05, 0) is 18.1 Å². The van der Waals surface area contributed by atoms with E-state index in [4.69, 9.17) is 4.42 Å². The van der Waals surface area contributed by atoms with Crippen LogP contribution in [0.25, 0.3) is 11.0 Å². The maximum Gasteiger partial charge on any atom is 0.336 e. The van der Waals surface area contributed by atoms with E-state index < -0.39 is 0 Å². The molecule has 94 valence electrons. The van der Waals surface area contributed by atoms with E-state index >= 15 is 0 Å². The Morgan fingerprint density at radius 1 is 1.06 bits per heavy atom. The van der Waals surface area contributed by atoms with Crippen LogP contribution in [0.1, 0.15) is 40.2 Å². The molecule has 0 aliphatic carbocycles. The van der Waals surface area contributed by atoms with Crippen molar-refractivity contribution in [1.29, 1.82) is 0 Å². The van der Waals surface area contributed by atoms with Crippen LogP contribution in [0.3, 0.4) is 0 Å². The second kappa shape index (κ2) is 8.57. The van der Waals surface area contributed by atoms with Crippen LogP contribution in [0.5, 0.6) is 0 Å². The van der Waals surface area contributed by atoms with E-state index in [1.165, 1.54) is 0 Å². The molecular weight excluding hydrogens is 212 g/mol. The fourth-order valence-electron chi connectivity index (χ4n) is 1.47. The summed E-state index contributed by atoms with van der Waals surface area (Å²) in [7, 11) is 0. The summed E-state index contributed by atoms with van der Waals surface area (Å²) < 4.78 is 5.05. The van der Waals surface area contributed by atoms with Gasteiger partial charge >= 0.3 is 5.63 Å². The maximum absolute atomic E-state index is 11.1. The molecule has 17 heavy (non-hydrogen) atoms. The van der Waals surface area contributed by atoms with Crippen molar-refractivity contribution in [3.8, 4) is 0 Å². The van der Waals surface area contributed by atoms with Crippen LogP contribution in [-0.2, 0) is 6.42 Å². The van der Waals surface area contributed by atoms with E-state index in [0.29, 0.717) is 5.58 Å². The van der Waals surface area contributed by atoms with Crippen LogP contribution in [0.15, 0.2) is 39.5 Å². The van der Waals surface area contributed by atoms with E-state index in [0.717, 1.165) is 17.4 Å². The van der Waals surface area contributed by atoms with Gasteiger partial charge in [0.2, 0.25) is 0 Å². The Morgan fingerprint density at radius 2 is 1.65 bits per heavy atom. The standard InChI is InChI=1S/C11H10O2.2C2H6/c1-2-8-7-11(12)13-10-6-4-3-5-9(8)10;2*1-2/h3-7H,2H2,1H3;2*1-2H3. The monoisotopic (exact) mass is 234 g/mol. The SMILES string of the molecule is CC.CC.CCc1cc(=O)oc2ccccc12. The maximum atomic E-state index is 11.1. The van der Waals surface area contributed by atoms with Crippen molar-refractivity contribution in [3.05, 3.63) is 46.3 Å². The molecule has 2 rings (SSSR count). The van der Waals surface area contributed by atoms with Gasteiger partial charge in [0.05, 0.1) is 0 Å². The molecule has 0 unspecified atom stereocenters. The summed E-state index contributed by atoms with van der Waals surface area (Å²) in [5, 5.41) is 1.03. The lowest BCUT2D eigenvalue weighted by Crippen LogP contribution is -1.99. The fraction of sp³-hybridized carbons (Fsp3) is 0.400. The normalized spacial score (nSPS) is 8.76. The smallest absolute Gasteiger partial charge is 0.336 e. The van der Waals surface area contributed by atoms with Crippen molar-refractivity contribution in [1.82, 2.24) is 0 Å². The first-order valence-corrected chi connectivity index (χ1v) is 6.33. The Balaban J connectivity index is 0.000000581. The first-order chi connectivity index (χ1) is 8.31. The zero-order valence-electron chi connectivity index (χ0n) is 11.4. The fourth-order valence-corrected chi connectivity index (χ4v) is 1.47. The molecule has 2 nitrogen and oxygen atoms in total. The molecule has 0 fully saturated rings. The number of hydrogen-bond acceptors (Lipinski definition) is 2. The molecule has 0 aliphatic rings. The average Bonchev–Trinajstić information content (AvgIpc) is 2.42. The van der Waals surface area contributed by atoms with Gasteiger partial charge in [-0.3, -0.25) is 0 Å². The lowest BCUT2D eigenvalue weighted by atomic mass is 10.1. The Morgan fingerprint density at radius 3 is 2.24 bits per heavy atom. The predicted octanol–water partition coefficient (Wildman–Crippen LogP) is 4.41. The van der Waals surface area contributed by atoms with Crippen molar-refractivity contribution < 1.29 is 4.42 Å². The van der Waals surface area contributed by atoms with Crippen LogP contribution in [0.2, 0.25) is 0 Å². The minimum atomic E-state index is -0.268. The molecule has 2 aromatic rings. The molecule has 1 aromatic heterocycles. The number of rotatable bonds is 1. The van der Waals surface area contributed by atoms with Gasteiger partial charge in [0.1, 0.15) is 5.58 Å². The van der Waals surface area contributed by atoms with Gasteiger partial charge in [-0.25, -0.2) is 4.79 Å². The van der Waals surface area contributed by atoms with Crippen LogP contribution < -0.4 is 5.63 Å². The molecule has 0 amide bonds. The Hall–Kier alpha value is -1.57. The van der Waals surface area contributed by atoms with Crippen molar-refractivity contribution in [3.63, 3.8) is 0 Å². The third-order valence-electron chi connectivity index (χ3n) is 2.12. The molecule has 0 radical (unpaired) electrons. The Bertz CT molecular complexity index is 483. The highest BCUT2D eigenvalue weighted by molar-refractivity contribution is 5.79. The van der Waals surface area contributed by atoms with E-state index in [1.54, 1.807) is 6.07 Å². The molecule has 0 saturated heterocycles. The average molecular weight is 234 g/mol. The molecule has 2 heteroatoms. The minimum Gasteiger partial charge on any atom is -0.423 e. The number of hydrogen-bond donors (Lipinski definition) is 0. The summed E-state index contributed by atoms with van der Waals surface area (Å²) in [6.07, 6.45) is 0.853. The van der Waals surface area contributed by atoms with E-state index in [-0.39, 0.29) is 5.63 Å². The third kappa shape index (κ3) is 4.06. The summed E-state index contributed by atoms with van der Waals surface area (Å²) in [5.41, 5.74) is 1.45. The first kappa shape index (κ1) is 15.4. The number of fused-ring (bicyclic) bond motifs is 1. The molecule has 1 heterocycles. The minimum absolute atomic E-state index is 0.268. The van der Waals surface area contributed by atoms with Crippen molar-refractivity contribution >= 4 is 11.0 Å². The Kier molecular flexibility index (Phi) is 7.78. The van der Waals surface area contributed by atoms with Gasteiger partial charge < -0.3 is 4.42 Å².